The number of methoxy groups -OCH3 is 2. The van der Waals surface area contributed by atoms with E-state index in [-0.39, 0.29) is 0 Å². The molecule has 4 nitrogen and oxygen atoms in total. The highest BCUT2D eigenvalue weighted by Gasteiger charge is 2.15. The van der Waals surface area contributed by atoms with Crippen LogP contribution in [-0.2, 0) is 0 Å². The number of benzene rings is 1. The molecule has 1 unspecified atom stereocenters. The minimum absolute atomic E-state index is 0.556. The number of hydrogen-bond donors (Lipinski definition) is 2. The molecule has 1 aromatic carbocycles. The van der Waals surface area contributed by atoms with Gasteiger partial charge in [0.25, 0.3) is 0 Å². The first-order valence-corrected chi connectivity index (χ1v) is 6.95. The fraction of sp³-hybridized carbons (Fsp3) is 0.600. The Labute approximate surface area is 115 Å². The summed E-state index contributed by atoms with van der Waals surface area (Å²) < 4.78 is 10.8. The quantitative estimate of drug-likeness (QED) is 0.858. The summed E-state index contributed by atoms with van der Waals surface area (Å²) in [5.74, 6) is 1.73. The molecule has 1 aliphatic heterocycles. The van der Waals surface area contributed by atoms with Crippen LogP contribution in [0.1, 0.15) is 24.8 Å². The van der Waals surface area contributed by atoms with Crippen molar-refractivity contribution in [3.63, 3.8) is 0 Å². The average Bonchev–Trinajstić information content (AvgIpc) is 2.46. The predicted octanol–water partition coefficient (Wildman–Crippen LogP) is 2.57. The van der Waals surface area contributed by atoms with E-state index in [1.54, 1.807) is 14.2 Å². The minimum Gasteiger partial charge on any atom is -0.496 e. The normalized spacial score (nSPS) is 19.0. The molecule has 0 saturated carbocycles. The second-order valence-corrected chi connectivity index (χ2v) is 5.00. The molecule has 19 heavy (non-hydrogen) atoms. The zero-order chi connectivity index (χ0) is 13.7. The van der Waals surface area contributed by atoms with Crippen molar-refractivity contribution in [2.75, 3.05) is 32.6 Å². The maximum Gasteiger partial charge on any atom is 0.148 e. The van der Waals surface area contributed by atoms with Crippen molar-refractivity contribution in [1.29, 1.82) is 0 Å². The molecule has 1 heterocycles. The first-order valence-electron chi connectivity index (χ1n) is 6.95. The Balaban J connectivity index is 2.04. The smallest absolute Gasteiger partial charge is 0.148 e. The highest BCUT2D eigenvalue weighted by molar-refractivity contribution is 5.64. The van der Waals surface area contributed by atoms with E-state index in [0.717, 1.165) is 35.8 Å². The van der Waals surface area contributed by atoms with Crippen molar-refractivity contribution < 1.29 is 9.47 Å². The number of nitrogens with one attached hydrogen (secondary N) is 2. The Morgan fingerprint density at radius 2 is 2.11 bits per heavy atom. The molecule has 0 radical (unpaired) electrons. The van der Waals surface area contributed by atoms with Crippen LogP contribution in [0, 0.1) is 6.92 Å². The Kier molecular flexibility index (Phi) is 4.91. The predicted molar refractivity (Wildman–Crippen MR) is 78.4 cm³/mol. The van der Waals surface area contributed by atoms with E-state index in [4.69, 9.17) is 9.47 Å². The van der Waals surface area contributed by atoms with Gasteiger partial charge >= 0.3 is 0 Å². The Hall–Kier alpha value is -1.42. The molecule has 1 fully saturated rings. The van der Waals surface area contributed by atoms with E-state index in [1.165, 1.54) is 19.3 Å². The average molecular weight is 264 g/mol. The molecule has 1 atom stereocenters. The summed E-state index contributed by atoms with van der Waals surface area (Å²) in [7, 11) is 3.38. The van der Waals surface area contributed by atoms with Gasteiger partial charge in [0.1, 0.15) is 11.5 Å². The summed E-state index contributed by atoms with van der Waals surface area (Å²) in [5.41, 5.74) is 2.07. The number of hydrogen-bond acceptors (Lipinski definition) is 4. The van der Waals surface area contributed by atoms with Crippen molar-refractivity contribution >= 4 is 5.69 Å². The molecule has 0 bridgehead atoms. The zero-order valence-corrected chi connectivity index (χ0v) is 12.1. The van der Waals surface area contributed by atoms with Crippen molar-refractivity contribution in [2.24, 2.45) is 0 Å². The van der Waals surface area contributed by atoms with Gasteiger partial charge in [-0.05, 0) is 38.4 Å². The van der Waals surface area contributed by atoms with Gasteiger partial charge in [-0.3, -0.25) is 0 Å². The fourth-order valence-corrected chi connectivity index (χ4v) is 2.63. The molecule has 106 valence electrons. The molecule has 0 spiro atoms. The van der Waals surface area contributed by atoms with Crippen LogP contribution >= 0.6 is 0 Å². The van der Waals surface area contributed by atoms with Crippen LogP contribution in [-0.4, -0.2) is 33.4 Å². The molecule has 1 saturated heterocycles. The first-order chi connectivity index (χ1) is 9.26. The Bertz CT molecular complexity index is 415. The first kappa shape index (κ1) is 14.0. The standard InChI is InChI=1S/C15H24N2O2/c1-11-14(18-2)8-7-13(15(11)19-3)17-10-12-6-4-5-9-16-12/h7-8,12,16-17H,4-6,9-10H2,1-3H3. The summed E-state index contributed by atoms with van der Waals surface area (Å²) in [6, 6.07) is 4.56. The molecule has 1 aromatic rings. The van der Waals surface area contributed by atoms with E-state index in [1.807, 2.05) is 19.1 Å². The van der Waals surface area contributed by atoms with Crippen LogP contribution in [0.15, 0.2) is 12.1 Å². The van der Waals surface area contributed by atoms with Crippen LogP contribution in [0.4, 0.5) is 5.69 Å². The molecule has 0 aliphatic carbocycles. The highest BCUT2D eigenvalue weighted by Crippen LogP contribution is 2.34. The third-order valence-corrected chi connectivity index (χ3v) is 3.73. The monoisotopic (exact) mass is 264 g/mol. The number of anilines is 1. The van der Waals surface area contributed by atoms with E-state index in [9.17, 15) is 0 Å². The van der Waals surface area contributed by atoms with Gasteiger partial charge in [0, 0.05) is 18.2 Å². The SMILES string of the molecule is COc1ccc(NCC2CCCCN2)c(OC)c1C. The second kappa shape index (κ2) is 6.66. The second-order valence-electron chi connectivity index (χ2n) is 5.00. The molecule has 4 heteroatoms. The molecular formula is C15H24N2O2. The Morgan fingerprint density at radius 1 is 1.26 bits per heavy atom. The van der Waals surface area contributed by atoms with Gasteiger partial charge in [-0.25, -0.2) is 0 Å². The number of piperidine rings is 1. The van der Waals surface area contributed by atoms with Crippen molar-refractivity contribution in [3.05, 3.63) is 17.7 Å². The van der Waals surface area contributed by atoms with Gasteiger partial charge < -0.3 is 20.1 Å². The van der Waals surface area contributed by atoms with Crippen molar-refractivity contribution in [2.45, 2.75) is 32.2 Å². The van der Waals surface area contributed by atoms with E-state index >= 15 is 0 Å². The lowest BCUT2D eigenvalue weighted by Crippen LogP contribution is -2.39. The van der Waals surface area contributed by atoms with Gasteiger partial charge in [0.15, 0.2) is 0 Å². The number of ether oxygens (including phenoxy) is 2. The molecule has 0 amide bonds. The fourth-order valence-electron chi connectivity index (χ4n) is 2.63. The molecule has 0 aromatic heterocycles. The van der Waals surface area contributed by atoms with Crippen LogP contribution in [0.25, 0.3) is 0 Å². The summed E-state index contributed by atoms with van der Waals surface area (Å²) in [6.45, 7) is 4.08. The summed E-state index contributed by atoms with van der Waals surface area (Å²) in [5, 5.41) is 7.02. The largest absolute Gasteiger partial charge is 0.496 e. The third kappa shape index (κ3) is 3.32. The summed E-state index contributed by atoms with van der Waals surface area (Å²) in [6.07, 6.45) is 3.85. The van der Waals surface area contributed by atoms with E-state index < -0.39 is 0 Å². The van der Waals surface area contributed by atoms with Gasteiger partial charge in [-0.2, -0.15) is 0 Å². The van der Waals surface area contributed by atoms with E-state index in [0.29, 0.717) is 6.04 Å². The lowest BCUT2D eigenvalue weighted by molar-refractivity contribution is 0.388. The van der Waals surface area contributed by atoms with Crippen molar-refractivity contribution in [1.82, 2.24) is 5.32 Å². The van der Waals surface area contributed by atoms with Crippen LogP contribution < -0.4 is 20.1 Å². The zero-order valence-electron chi connectivity index (χ0n) is 12.1. The van der Waals surface area contributed by atoms with Gasteiger partial charge in [0.05, 0.1) is 19.9 Å². The molecular weight excluding hydrogens is 240 g/mol. The molecule has 2 rings (SSSR count). The summed E-state index contributed by atoms with van der Waals surface area (Å²) in [4.78, 5) is 0. The van der Waals surface area contributed by atoms with Gasteiger partial charge in [-0.1, -0.05) is 6.42 Å². The number of rotatable bonds is 5. The topological polar surface area (TPSA) is 42.5 Å². The maximum atomic E-state index is 5.50. The van der Waals surface area contributed by atoms with Gasteiger partial charge in [-0.15, -0.1) is 0 Å². The maximum absolute atomic E-state index is 5.50. The highest BCUT2D eigenvalue weighted by atomic mass is 16.5. The van der Waals surface area contributed by atoms with Crippen LogP contribution in [0.5, 0.6) is 11.5 Å². The molecule has 1 aliphatic rings. The van der Waals surface area contributed by atoms with Crippen molar-refractivity contribution in [3.8, 4) is 11.5 Å². The Morgan fingerprint density at radius 3 is 2.74 bits per heavy atom. The van der Waals surface area contributed by atoms with E-state index in [2.05, 4.69) is 10.6 Å². The minimum atomic E-state index is 0.556. The van der Waals surface area contributed by atoms with Crippen LogP contribution in [0.3, 0.4) is 0 Å². The van der Waals surface area contributed by atoms with Gasteiger partial charge in [0.2, 0.25) is 0 Å². The molecule has 2 N–H and O–H groups in total. The lowest BCUT2D eigenvalue weighted by Gasteiger charge is -2.25. The lowest BCUT2D eigenvalue weighted by atomic mass is 10.0. The third-order valence-electron chi connectivity index (χ3n) is 3.73. The van der Waals surface area contributed by atoms with Crippen LogP contribution in [0.2, 0.25) is 0 Å². The summed E-state index contributed by atoms with van der Waals surface area (Å²) >= 11 is 0.